The summed E-state index contributed by atoms with van der Waals surface area (Å²) >= 11 is 0. The van der Waals surface area contributed by atoms with Crippen LogP contribution in [-0.2, 0) is 34.7 Å². The number of aryl methyl sites for hydroxylation is 1. The number of hydrogen-bond donors (Lipinski definition) is 2. The van der Waals surface area contributed by atoms with Crippen LogP contribution in [0.5, 0.6) is 5.75 Å². The van der Waals surface area contributed by atoms with Crippen LogP contribution in [0.3, 0.4) is 0 Å². The van der Waals surface area contributed by atoms with E-state index >= 15 is 0 Å². The van der Waals surface area contributed by atoms with Gasteiger partial charge in [0.25, 0.3) is 5.56 Å². The Balaban J connectivity index is 1.44. The zero-order valence-corrected chi connectivity index (χ0v) is 21.5. The topological polar surface area (TPSA) is 123 Å². The number of cyclic esters (lactones) is 1. The number of nitrogens with one attached hydrogen (secondary N) is 1. The fraction of sp³-hybridized carbons (Fsp3) is 0.429. The van der Waals surface area contributed by atoms with Crippen LogP contribution in [0, 0.1) is 0 Å². The molecular weight excluding hydrogens is 488 g/mol. The molecule has 1 saturated heterocycles. The number of aliphatic hydroxyl groups is 1. The number of ether oxygens (including phenoxy) is 2. The van der Waals surface area contributed by atoms with E-state index in [2.05, 4.69) is 12.2 Å². The Labute approximate surface area is 219 Å². The number of carbonyl (C=O) groups excluding carboxylic acids is 2. The summed E-state index contributed by atoms with van der Waals surface area (Å²) in [4.78, 5) is 45.3. The lowest BCUT2D eigenvalue weighted by molar-refractivity contribution is -0.172. The molecule has 0 radical (unpaired) electrons. The molecule has 0 unspecified atom stereocenters. The number of aromatic nitrogens is 2. The van der Waals surface area contributed by atoms with Gasteiger partial charge in [0.1, 0.15) is 12.4 Å². The molecule has 1 atom stereocenters. The number of amides is 1. The summed E-state index contributed by atoms with van der Waals surface area (Å²) in [5.41, 5.74) is 2.23. The van der Waals surface area contributed by atoms with Crippen molar-refractivity contribution in [3.63, 3.8) is 0 Å². The molecule has 0 saturated carbocycles. The maximum Gasteiger partial charge on any atom is 0.415 e. The molecule has 38 heavy (non-hydrogen) atoms. The van der Waals surface area contributed by atoms with E-state index in [1.165, 1.54) is 0 Å². The number of rotatable bonds is 4. The first-order valence-corrected chi connectivity index (χ1v) is 13.1. The molecule has 0 bridgehead atoms. The number of esters is 1. The molecule has 2 N–H and O–H groups in total. The maximum atomic E-state index is 13.4. The van der Waals surface area contributed by atoms with Crippen molar-refractivity contribution in [3.8, 4) is 17.1 Å². The second kappa shape index (κ2) is 9.21. The first-order valence-electron chi connectivity index (χ1n) is 13.1. The van der Waals surface area contributed by atoms with Crippen LogP contribution in [0.2, 0.25) is 0 Å². The third kappa shape index (κ3) is 3.78. The van der Waals surface area contributed by atoms with E-state index in [1.807, 2.05) is 18.2 Å². The summed E-state index contributed by atoms with van der Waals surface area (Å²) in [6.45, 7) is 6.59. The van der Waals surface area contributed by atoms with Gasteiger partial charge >= 0.3 is 12.1 Å². The van der Waals surface area contributed by atoms with Gasteiger partial charge in [-0.25, -0.2) is 14.6 Å². The predicted molar refractivity (Wildman–Crippen MR) is 139 cm³/mol. The molecule has 0 spiro atoms. The second-order valence-corrected chi connectivity index (χ2v) is 10.1. The smallest absolute Gasteiger partial charge is 0.415 e. The monoisotopic (exact) mass is 518 g/mol. The summed E-state index contributed by atoms with van der Waals surface area (Å²) in [5.74, 6) is -0.271. The highest BCUT2D eigenvalue weighted by Gasteiger charge is 2.45. The van der Waals surface area contributed by atoms with Gasteiger partial charge in [0.05, 0.1) is 29.0 Å². The molecule has 2 aromatic heterocycles. The van der Waals surface area contributed by atoms with E-state index in [9.17, 15) is 19.5 Å². The highest BCUT2D eigenvalue weighted by molar-refractivity contribution is 5.89. The van der Waals surface area contributed by atoms with Gasteiger partial charge in [0, 0.05) is 42.7 Å². The van der Waals surface area contributed by atoms with E-state index < -0.39 is 11.6 Å². The number of benzene rings is 1. The minimum Gasteiger partial charge on any atom is -0.458 e. The standard InChI is InChI=1S/C28H30N4O6/c1-3-5-16-11-19(38-27(35)31-8-6-29-7-9-31)12-17-10-18-14-32-22(24(18)30-23(16)17)13-21-20(25(32)33)15-37-26(34)28(21,36)4-2/h10-13,29,36H,3-9,14-15H2,1-2H3/t28-/m0/s1. The molecule has 3 aromatic rings. The number of pyridine rings is 2. The van der Waals surface area contributed by atoms with Crippen LogP contribution in [0.15, 0.2) is 29.1 Å². The molecule has 1 fully saturated rings. The molecule has 3 aliphatic rings. The van der Waals surface area contributed by atoms with Crippen LogP contribution in [-0.4, -0.2) is 57.8 Å². The molecular formula is C28H30N4O6. The Morgan fingerprint density at radius 1 is 1.18 bits per heavy atom. The molecule has 3 aliphatic heterocycles. The average Bonchev–Trinajstić information content (AvgIpc) is 3.28. The van der Waals surface area contributed by atoms with Crippen molar-refractivity contribution in [1.82, 2.24) is 19.8 Å². The van der Waals surface area contributed by atoms with E-state index in [-0.39, 0.29) is 24.7 Å². The van der Waals surface area contributed by atoms with Gasteiger partial charge in [-0.2, -0.15) is 0 Å². The van der Waals surface area contributed by atoms with Gasteiger partial charge in [0.2, 0.25) is 0 Å². The van der Waals surface area contributed by atoms with Gasteiger partial charge in [-0.15, -0.1) is 0 Å². The molecule has 1 aromatic carbocycles. The normalized spacial score (nSPS) is 20.1. The molecule has 1 amide bonds. The number of carbonyl (C=O) groups is 2. The lowest BCUT2D eigenvalue weighted by Crippen LogP contribution is -2.47. The third-order valence-electron chi connectivity index (χ3n) is 7.76. The fourth-order valence-electron chi connectivity index (χ4n) is 5.67. The van der Waals surface area contributed by atoms with Crippen molar-refractivity contribution in [2.75, 3.05) is 26.2 Å². The van der Waals surface area contributed by atoms with Crippen LogP contribution < -0.4 is 15.6 Å². The quantitative estimate of drug-likeness (QED) is 0.395. The molecule has 0 aliphatic carbocycles. The number of hydrogen-bond acceptors (Lipinski definition) is 8. The van der Waals surface area contributed by atoms with Crippen LogP contribution >= 0.6 is 0 Å². The molecule has 198 valence electrons. The van der Waals surface area contributed by atoms with E-state index in [0.29, 0.717) is 47.9 Å². The van der Waals surface area contributed by atoms with Crippen molar-refractivity contribution < 1.29 is 24.2 Å². The van der Waals surface area contributed by atoms with E-state index in [1.54, 1.807) is 22.5 Å². The molecule has 5 heterocycles. The Bertz CT molecular complexity index is 1540. The van der Waals surface area contributed by atoms with Crippen molar-refractivity contribution >= 4 is 23.0 Å². The van der Waals surface area contributed by atoms with Crippen molar-refractivity contribution in [2.24, 2.45) is 0 Å². The lowest BCUT2D eigenvalue weighted by Gasteiger charge is -2.31. The zero-order valence-electron chi connectivity index (χ0n) is 21.5. The number of fused-ring (bicyclic) bond motifs is 5. The summed E-state index contributed by atoms with van der Waals surface area (Å²) in [6.07, 6.45) is 1.33. The van der Waals surface area contributed by atoms with Gasteiger partial charge in [-0.1, -0.05) is 20.3 Å². The highest BCUT2D eigenvalue weighted by Crippen LogP contribution is 2.39. The van der Waals surface area contributed by atoms with Gasteiger partial charge in [-0.3, -0.25) is 4.79 Å². The van der Waals surface area contributed by atoms with Crippen LogP contribution in [0.1, 0.15) is 48.9 Å². The largest absolute Gasteiger partial charge is 0.458 e. The van der Waals surface area contributed by atoms with Gasteiger partial charge in [0.15, 0.2) is 5.60 Å². The Kier molecular flexibility index (Phi) is 5.96. The molecule has 10 heteroatoms. The first-order chi connectivity index (χ1) is 18.3. The fourth-order valence-corrected chi connectivity index (χ4v) is 5.67. The van der Waals surface area contributed by atoms with Crippen molar-refractivity contribution in [3.05, 3.63) is 56.9 Å². The van der Waals surface area contributed by atoms with Crippen LogP contribution in [0.25, 0.3) is 22.3 Å². The molecule has 6 rings (SSSR count). The summed E-state index contributed by atoms with van der Waals surface area (Å²) < 4.78 is 12.5. The second-order valence-electron chi connectivity index (χ2n) is 10.1. The van der Waals surface area contributed by atoms with Crippen LogP contribution in [0.4, 0.5) is 4.79 Å². The van der Waals surface area contributed by atoms with E-state index in [4.69, 9.17) is 14.5 Å². The minimum absolute atomic E-state index is 0.0931. The zero-order chi connectivity index (χ0) is 26.6. The van der Waals surface area contributed by atoms with Gasteiger partial charge in [-0.05, 0) is 42.7 Å². The summed E-state index contributed by atoms with van der Waals surface area (Å²) in [7, 11) is 0. The summed E-state index contributed by atoms with van der Waals surface area (Å²) in [5, 5.41) is 15.1. The number of piperazine rings is 1. The SMILES string of the molecule is CCCc1cc(OC(=O)N2CCNCC2)cc2cc3c(nc12)-c1cc2c(c(=O)n1C3)COC(=O)[C@]2(O)CC. The summed E-state index contributed by atoms with van der Waals surface area (Å²) in [6, 6.07) is 7.39. The van der Waals surface area contributed by atoms with Crippen molar-refractivity contribution in [1.29, 1.82) is 0 Å². The minimum atomic E-state index is -1.86. The maximum absolute atomic E-state index is 13.4. The van der Waals surface area contributed by atoms with Gasteiger partial charge < -0.3 is 29.4 Å². The van der Waals surface area contributed by atoms with E-state index in [0.717, 1.165) is 48.0 Å². The number of nitrogens with zero attached hydrogens (tertiary/aromatic N) is 3. The molecule has 10 nitrogen and oxygen atoms in total. The highest BCUT2D eigenvalue weighted by atomic mass is 16.6. The Morgan fingerprint density at radius 3 is 2.71 bits per heavy atom. The Morgan fingerprint density at radius 2 is 1.97 bits per heavy atom. The predicted octanol–water partition coefficient (Wildman–Crippen LogP) is 2.44. The first kappa shape index (κ1) is 24.6. The Hall–Kier alpha value is -3.76. The lowest BCUT2D eigenvalue weighted by atomic mass is 9.86. The van der Waals surface area contributed by atoms with Crippen molar-refractivity contribution in [2.45, 2.75) is 51.9 Å². The third-order valence-corrected chi connectivity index (χ3v) is 7.76. The average molecular weight is 519 g/mol.